The summed E-state index contributed by atoms with van der Waals surface area (Å²) in [5.74, 6) is 0. The highest BCUT2D eigenvalue weighted by molar-refractivity contribution is 5.85. The minimum absolute atomic E-state index is 0.120. The fourth-order valence-electron chi connectivity index (χ4n) is 3.93. The fraction of sp³-hybridized carbons (Fsp3) is 0.917. The number of ether oxygens (including phenoxy) is 4. The zero-order chi connectivity index (χ0) is 24.8. The first kappa shape index (κ1) is 28.6. The van der Waals surface area contributed by atoms with Gasteiger partial charge in [0.25, 0.3) is 0 Å². The van der Waals surface area contributed by atoms with Crippen LogP contribution in [0.25, 0.3) is 0 Å². The van der Waals surface area contributed by atoms with E-state index in [1.54, 1.807) is 19.6 Å². The van der Waals surface area contributed by atoms with Gasteiger partial charge in [0.2, 0.25) is 0 Å². The summed E-state index contributed by atoms with van der Waals surface area (Å²) < 4.78 is 23.2. The van der Waals surface area contributed by atoms with Crippen LogP contribution in [0.5, 0.6) is 0 Å². The number of urea groups is 2. The van der Waals surface area contributed by atoms with Crippen molar-refractivity contribution in [2.45, 2.75) is 91.4 Å². The molecule has 2 aliphatic heterocycles. The molecule has 0 aliphatic carbocycles. The van der Waals surface area contributed by atoms with Crippen molar-refractivity contribution < 1.29 is 28.5 Å². The number of fused-ring (bicyclic) bond motifs is 1. The molecule has 10 nitrogen and oxygen atoms in total. The van der Waals surface area contributed by atoms with Gasteiger partial charge in [-0.2, -0.15) is 0 Å². The summed E-state index contributed by atoms with van der Waals surface area (Å²) in [7, 11) is 0. The molecule has 2 saturated heterocycles. The zero-order valence-electron chi connectivity index (χ0n) is 21.7. The van der Waals surface area contributed by atoms with Gasteiger partial charge >= 0.3 is 12.1 Å². The van der Waals surface area contributed by atoms with Gasteiger partial charge in [-0.05, 0) is 25.7 Å². The van der Waals surface area contributed by atoms with E-state index < -0.39 is 12.3 Å². The van der Waals surface area contributed by atoms with Crippen molar-refractivity contribution in [2.75, 3.05) is 53.4 Å². The number of rotatable bonds is 20. The first-order valence-corrected chi connectivity index (χ1v) is 13.1. The van der Waals surface area contributed by atoms with Gasteiger partial charge in [-0.25, -0.2) is 9.59 Å². The summed E-state index contributed by atoms with van der Waals surface area (Å²) in [5.41, 5.74) is 0. The number of hydrogen-bond acceptors (Lipinski definition) is 6. The normalized spacial score (nSPS) is 20.2. The summed E-state index contributed by atoms with van der Waals surface area (Å²) in [5, 5.41) is 0. The summed E-state index contributed by atoms with van der Waals surface area (Å²) in [4.78, 5) is 33.4. The van der Waals surface area contributed by atoms with Gasteiger partial charge in [-0.3, -0.25) is 19.6 Å². The lowest BCUT2D eigenvalue weighted by Crippen LogP contribution is -2.48. The van der Waals surface area contributed by atoms with Gasteiger partial charge in [0.05, 0.1) is 0 Å². The molecular weight excluding hydrogens is 440 g/mol. The third-order valence-electron chi connectivity index (χ3n) is 6.02. The van der Waals surface area contributed by atoms with Crippen molar-refractivity contribution in [2.24, 2.45) is 0 Å². The number of unbranched alkanes of at least 4 members (excludes halogenated alkanes) is 4. The second-order valence-corrected chi connectivity index (χ2v) is 8.84. The molecule has 0 bridgehead atoms. The first-order chi connectivity index (χ1) is 16.6. The fourth-order valence-corrected chi connectivity index (χ4v) is 3.93. The van der Waals surface area contributed by atoms with Crippen LogP contribution in [0.2, 0.25) is 0 Å². The Hall–Kier alpha value is -1.62. The number of carbonyl (C=O) groups excluding carboxylic acids is 2. The van der Waals surface area contributed by atoms with Crippen LogP contribution in [0.3, 0.4) is 0 Å². The van der Waals surface area contributed by atoms with Gasteiger partial charge < -0.3 is 18.9 Å². The largest absolute Gasteiger partial charge is 0.361 e. The molecule has 0 aromatic heterocycles. The third kappa shape index (κ3) is 7.69. The molecule has 2 rings (SSSR count). The Morgan fingerprint density at radius 3 is 0.941 bits per heavy atom. The summed E-state index contributed by atoms with van der Waals surface area (Å²) >= 11 is 0. The van der Waals surface area contributed by atoms with E-state index in [0.29, 0.717) is 26.4 Å². The molecule has 0 radical (unpaired) electrons. The van der Waals surface area contributed by atoms with Crippen molar-refractivity contribution in [3.05, 3.63) is 0 Å². The molecular formula is C24H46N4O6. The Kier molecular flexibility index (Phi) is 13.6. The van der Waals surface area contributed by atoms with Gasteiger partial charge in [0.15, 0.2) is 12.3 Å². The van der Waals surface area contributed by atoms with Crippen molar-refractivity contribution in [3.8, 4) is 0 Å². The van der Waals surface area contributed by atoms with E-state index >= 15 is 0 Å². The molecule has 2 heterocycles. The van der Waals surface area contributed by atoms with Crippen LogP contribution in [0, 0.1) is 0 Å². The standard InChI is InChI=1S/C24H46N4O6/c1-5-9-13-31-17-25-21-22(27(23(25)29)19-33-15-11-7-3)28(20-34-16-12-8-4)24(30)26(21)18-32-14-10-6-2/h21-22H,5-20H2,1-4H3. The molecule has 2 aliphatic rings. The predicted octanol–water partition coefficient (Wildman–Crippen LogP) is 4.21. The van der Waals surface area contributed by atoms with Crippen LogP contribution in [-0.4, -0.2) is 97.3 Å². The minimum Gasteiger partial charge on any atom is -0.361 e. The summed E-state index contributed by atoms with van der Waals surface area (Å²) in [6.07, 6.45) is 6.67. The van der Waals surface area contributed by atoms with E-state index in [0.717, 1.165) is 51.4 Å². The Balaban J connectivity index is 2.21. The van der Waals surface area contributed by atoms with Gasteiger partial charge in [-0.1, -0.05) is 53.4 Å². The molecule has 34 heavy (non-hydrogen) atoms. The smallest absolute Gasteiger partial charge is 0.327 e. The molecule has 0 spiro atoms. The average molecular weight is 487 g/mol. The quantitative estimate of drug-likeness (QED) is 0.240. The molecule has 0 aromatic rings. The molecule has 0 N–H and O–H groups in total. The van der Waals surface area contributed by atoms with Crippen molar-refractivity contribution in [1.29, 1.82) is 0 Å². The maximum absolute atomic E-state index is 13.4. The molecule has 0 saturated carbocycles. The number of nitrogens with zero attached hydrogens (tertiary/aromatic N) is 4. The second-order valence-electron chi connectivity index (χ2n) is 8.84. The van der Waals surface area contributed by atoms with Gasteiger partial charge in [-0.15, -0.1) is 0 Å². The highest BCUT2D eigenvalue weighted by Crippen LogP contribution is 2.35. The molecule has 2 fully saturated rings. The second kappa shape index (κ2) is 16.1. The Morgan fingerprint density at radius 1 is 0.500 bits per heavy atom. The Bertz CT molecular complexity index is 502. The average Bonchev–Trinajstić information content (AvgIpc) is 3.25. The van der Waals surface area contributed by atoms with Crippen LogP contribution in [0.15, 0.2) is 0 Å². The number of amides is 4. The monoisotopic (exact) mass is 486 g/mol. The molecule has 198 valence electrons. The lowest BCUT2D eigenvalue weighted by molar-refractivity contribution is -0.0367. The van der Waals surface area contributed by atoms with Gasteiger partial charge in [0.1, 0.15) is 26.9 Å². The highest BCUT2D eigenvalue weighted by Gasteiger charge is 2.59. The van der Waals surface area contributed by atoms with E-state index in [-0.39, 0.29) is 39.0 Å². The molecule has 4 amide bonds. The number of carbonyl (C=O) groups is 2. The minimum atomic E-state index is -0.521. The van der Waals surface area contributed by atoms with Crippen molar-refractivity contribution in [3.63, 3.8) is 0 Å². The van der Waals surface area contributed by atoms with Crippen LogP contribution >= 0.6 is 0 Å². The van der Waals surface area contributed by atoms with E-state index in [9.17, 15) is 9.59 Å². The molecule has 10 heteroatoms. The third-order valence-corrected chi connectivity index (χ3v) is 6.02. The Labute approximate surface area is 205 Å². The van der Waals surface area contributed by atoms with E-state index in [4.69, 9.17) is 18.9 Å². The lowest BCUT2D eigenvalue weighted by Gasteiger charge is -2.29. The SMILES string of the molecule is CCCCOCN1C(=O)N(COCCCC)C2C1N(COCCCC)C(=O)N2COCCCC. The van der Waals surface area contributed by atoms with Gasteiger partial charge in [0, 0.05) is 26.4 Å². The summed E-state index contributed by atoms with van der Waals surface area (Å²) in [6, 6.07) is -0.403. The molecule has 0 unspecified atom stereocenters. The van der Waals surface area contributed by atoms with Crippen LogP contribution in [-0.2, 0) is 18.9 Å². The first-order valence-electron chi connectivity index (χ1n) is 13.1. The predicted molar refractivity (Wildman–Crippen MR) is 129 cm³/mol. The van der Waals surface area contributed by atoms with E-state index in [2.05, 4.69) is 27.7 Å². The Morgan fingerprint density at radius 2 is 0.735 bits per heavy atom. The van der Waals surface area contributed by atoms with Crippen LogP contribution in [0.4, 0.5) is 9.59 Å². The zero-order valence-corrected chi connectivity index (χ0v) is 21.7. The van der Waals surface area contributed by atoms with Crippen molar-refractivity contribution in [1.82, 2.24) is 19.6 Å². The van der Waals surface area contributed by atoms with E-state index in [1.165, 1.54) is 0 Å². The highest BCUT2D eigenvalue weighted by atomic mass is 16.5. The maximum Gasteiger partial charge on any atom is 0.327 e. The molecule has 0 aromatic carbocycles. The number of hydrogen-bond donors (Lipinski definition) is 0. The summed E-state index contributed by atoms with van der Waals surface area (Å²) in [6.45, 7) is 11.1. The topological polar surface area (TPSA) is 84.0 Å². The van der Waals surface area contributed by atoms with Crippen LogP contribution in [0.1, 0.15) is 79.1 Å². The van der Waals surface area contributed by atoms with E-state index in [1.807, 2.05) is 0 Å². The maximum atomic E-state index is 13.4. The van der Waals surface area contributed by atoms with Crippen LogP contribution < -0.4 is 0 Å². The lowest BCUT2D eigenvalue weighted by atomic mass is 10.3. The van der Waals surface area contributed by atoms with Crippen molar-refractivity contribution >= 4 is 12.1 Å². The molecule has 0 atom stereocenters.